The molecule has 0 bridgehead atoms. The number of ether oxygens (including phenoxy) is 1. The zero-order valence-corrected chi connectivity index (χ0v) is 34.3. The van der Waals surface area contributed by atoms with Gasteiger partial charge in [0.15, 0.2) is 0 Å². The Balaban J connectivity index is 4.47. The maximum absolute atomic E-state index is 13.1. The molecule has 0 spiro atoms. The number of hydrogen-bond donors (Lipinski definition) is 3. The molecule has 6 nitrogen and oxygen atoms in total. The van der Waals surface area contributed by atoms with E-state index in [1.54, 1.807) is 0 Å². The normalized spacial score (nSPS) is 13.4. The van der Waals surface area contributed by atoms with Crippen molar-refractivity contribution < 1.29 is 24.5 Å². The molecule has 1 amide bonds. The van der Waals surface area contributed by atoms with E-state index in [0.717, 1.165) is 64.2 Å². The maximum atomic E-state index is 13.1. The molecule has 0 aliphatic carbocycles. The fraction of sp³-hybridized carbons (Fsp3) is 0.911. The second-order valence-corrected chi connectivity index (χ2v) is 15.5. The molecular formula is C45H87NO5. The summed E-state index contributed by atoms with van der Waals surface area (Å²) in [6.45, 7) is 6.41. The molecule has 0 aromatic heterocycles. The first-order chi connectivity index (χ1) is 25.0. The van der Waals surface area contributed by atoms with Crippen molar-refractivity contribution in [3.05, 3.63) is 12.2 Å². The van der Waals surface area contributed by atoms with E-state index in [0.29, 0.717) is 19.3 Å². The highest BCUT2D eigenvalue weighted by Gasteiger charge is 2.24. The Morgan fingerprint density at radius 1 is 0.549 bits per heavy atom. The van der Waals surface area contributed by atoms with Gasteiger partial charge in [0, 0.05) is 6.42 Å². The molecule has 0 aromatic carbocycles. The second kappa shape index (κ2) is 39.8. The van der Waals surface area contributed by atoms with Crippen LogP contribution in [0.25, 0.3) is 0 Å². The van der Waals surface area contributed by atoms with E-state index >= 15 is 0 Å². The number of hydrogen-bond acceptors (Lipinski definition) is 5. The van der Waals surface area contributed by atoms with Crippen molar-refractivity contribution in [3.63, 3.8) is 0 Å². The Hall–Kier alpha value is -1.40. The monoisotopic (exact) mass is 722 g/mol. The summed E-state index contributed by atoms with van der Waals surface area (Å²) in [5, 5.41) is 23.6. The molecule has 0 radical (unpaired) electrons. The standard InChI is InChI=1S/C45H87NO5/c1-4-7-10-13-16-19-20-21-22-23-26-28-31-34-37-43(48)42(40-47)46-44(49)39-41(36-33-30-27-24-17-14-11-8-5-2)51-45(50)38-35-32-29-25-18-15-12-9-6-3/h14,17,41-43,47-48H,4-13,15-16,18-40H2,1-3H3,(H,46,49)/b17-14-. The van der Waals surface area contributed by atoms with Crippen LogP contribution in [0.3, 0.4) is 0 Å². The summed E-state index contributed by atoms with van der Waals surface area (Å²) in [7, 11) is 0. The fourth-order valence-electron chi connectivity index (χ4n) is 6.88. The number of rotatable bonds is 40. The molecule has 302 valence electrons. The zero-order chi connectivity index (χ0) is 37.5. The molecular weight excluding hydrogens is 634 g/mol. The largest absolute Gasteiger partial charge is 0.462 e. The molecule has 3 N–H and O–H groups in total. The lowest BCUT2D eigenvalue weighted by atomic mass is 10.0. The van der Waals surface area contributed by atoms with Crippen LogP contribution in [0.15, 0.2) is 12.2 Å². The van der Waals surface area contributed by atoms with Crippen molar-refractivity contribution >= 4 is 11.9 Å². The summed E-state index contributed by atoms with van der Waals surface area (Å²) in [6, 6.07) is -0.697. The molecule has 0 rings (SSSR count). The Morgan fingerprint density at radius 3 is 1.45 bits per heavy atom. The third-order valence-corrected chi connectivity index (χ3v) is 10.3. The first-order valence-corrected chi connectivity index (χ1v) is 22.4. The predicted molar refractivity (Wildman–Crippen MR) is 218 cm³/mol. The maximum Gasteiger partial charge on any atom is 0.306 e. The van der Waals surface area contributed by atoms with Crippen LogP contribution in [-0.2, 0) is 14.3 Å². The Morgan fingerprint density at radius 2 is 0.961 bits per heavy atom. The summed E-state index contributed by atoms with van der Waals surface area (Å²) >= 11 is 0. The Labute approximate surface area is 317 Å². The van der Waals surface area contributed by atoms with Crippen molar-refractivity contribution in [2.75, 3.05) is 6.61 Å². The minimum Gasteiger partial charge on any atom is -0.462 e. The van der Waals surface area contributed by atoms with E-state index in [1.165, 1.54) is 128 Å². The Kier molecular flexibility index (Phi) is 38.7. The van der Waals surface area contributed by atoms with Gasteiger partial charge in [-0.3, -0.25) is 9.59 Å². The third-order valence-electron chi connectivity index (χ3n) is 10.3. The number of carbonyl (C=O) groups excluding carboxylic acids is 2. The average molecular weight is 722 g/mol. The predicted octanol–water partition coefficient (Wildman–Crippen LogP) is 12.6. The lowest BCUT2D eigenvalue weighted by Crippen LogP contribution is -2.46. The zero-order valence-electron chi connectivity index (χ0n) is 34.3. The molecule has 0 fully saturated rings. The molecule has 51 heavy (non-hydrogen) atoms. The number of allylic oxidation sites excluding steroid dienone is 2. The van der Waals surface area contributed by atoms with Crippen molar-refractivity contribution in [1.29, 1.82) is 0 Å². The van der Waals surface area contributed by atoms with Crippen LogP contribution >= 0.6 is 0 Å². The van der Waals surface area contributed by atoms with Gasteiger partial charge in [-0.1, -0.05) is 193 Å². The van der Waals surface area contributed by atoms with E-state index < -0.39 is 18.2 Å². The first kappa shape index (κ1) is 49.6. The van der Waals surface area contributed by atoms with Crippen LogP contribution in [0.5, 0.6) is 0 Å². The molecule has 0 aliphatic rings. The number of unbranched alkanes of at least 4 members (excludes halogenated alkanes) is 26. The number of amides is 1. The summed E-state index contributed by atoms with van der Waals surface area (Å²) in [4.78, 5) is 25.8. The fourth-order valence-corrected chi connectivity index (χ4v) is 6.88. The van der Waals surface area contributed by atoms with Gasteiger partial charge in [-0.25, -0.2) is 0 Å². The number of aliphatic hydroxyl groups excluding tert-OH is 2. The van der Waals surface area contributed by atoms with E-state index in [2.05, 4.69) is 38.2 Å². The van der Waals surface area contributed by atoms with E-state index in [-0.39, 0.29) is 24.9 Å². The van der Waals surface area contributed by atoms with Gasteiger partial charge in [-0.15, -0.1) is 0 Å². The number of esters is 1. The average Bonchev–Trinajstić information content (AvgIpc) is 3.12. The molecule has 0 aromatic rings. The van der Waals surface area contributed by atoms with E-state index in [9.17, 15) is 19.8 Å². The van der Waals surface area contributed by atoms with Gasteiger partial charge < -0.3 is 20.3 Å². The van der Waals surface area contributed by atoms with Gasteiger partial charge in [-0.2, -0.15) is 0 Å². The van der Waals surface area contributed by atoms with Gasteiger partial charge >= 0.3 is 5.97 Å². The minimum atomic E-state index is -0.783. The lowest BCUT2D eigenvalue weighted by Gasteiger charge is -2.24. The highest BCUT2D eigenvalue weighted by Crippen LogP contribution is 2.17. The van der Waals surface area contributed by atoms with Crippen LogP contribution in [0, 0.1) is 0 Å². The quantitative estimate of drug-likeness (QED) is 0.0332. The smallest absolute Gasteiger partial charge is 0.306 e. The summed E-state index contributed by atoms with van der Waals surface area (Å²) in [5.74, 6) is -0.486. The molecule has 3 unspecified atom stereocenters. The molecule has 0 heterocycles. The molecule has 0 saturated carbocycles. The van der Waals surface area contributed by atoms with Gasteiger partial charge in [0.25, 0.3) is 0 Å². The summed E-state index contributed by atoms with van der Waals surface area (Å²) in [5.41, 5.74) is 0. The van der Waals surface area contributed by atoms with Gasteiger partial charge in [-0.05, 0) is 44.9 Å². The van der Waals surface area contributed by atoms with Crippen LogP contribution in [-0.4, -0.2) is 46.9 Å². The van der Waals surface area contributed by atoms with E-state index in [4.69, 9.17) is 4.74 Å². The van der Waals surface area contributed by atoms with Crippen molar-refractivity contribution in [3.8, 4) is 0 Å². The second-order valence-electron chi connectivity index (χ2n) is 15.5. The minimum absolute atomic E-state index is 0.0719. The number of aliphatic hydroxyl groups is 2. The summed E-state index contributed by atoms with van der Waals surface area (Å²) < 4.78 is 5.86. The van der Waals surface area contributed by atoms with Crippen molar-refractivity contribution in [2.24, 2.45) is 0 Å². The third kappa shape index (κ3) is 35.4. The Bertz CT molecular complexity index is 772. The van der Waals surface area contributed by atoms with E-state index in [1.807, 2.05) is 0 Å². The molecule has 6 heteroatoms. The van der Waals surface area contributed by atoms with Crippen LogP contribution in [0.1, 0.15) is 239 Å². The number of carbonyl (C=O) groups is 2. The molecule has 0 saturated heterocycles. The SMILES string of the molecule is CCCC/C=C\CCCCCC(CC(=O)NC(CO)C(O)CCCCCCCCCCCCCCCC)OC(=O)CCCCCCCCCCC. The highest BCUT2D eigenvalue weighted by molar-refractivity contribution is 5.77. The highest BCUT2D eigenvalue weighted by atomic mass is 16.5. The van der Waals surface area contributed by atoms with Gasteiger partial charge in [0.05, 0.1) is 25.2 Å². The summed E-state index contributed by atoms with van der Waals surface area (Å²) in [6.07, 6.45) is 41.3. The van der Waals surface area contributed by atoms with Gasteiger partial charge in [0.2, 0.25) is 5.91 Å². The van der Waals surface area contributed by atoms with Crippen LogP contribution < -0.4 is 5.32 Å². The van der Waals surface area contributed by atoms with Gasteiger partial charge in [0.1, 0.15) is 6.10 Å². The topological polar surface area (TPSA) is 95.9 Å². The van der Waals surface area contributed by atoms with Crippen molar-refractivity contribution in [1.82, 2.24) is 5.32 Å². The first-order valence-electron chi connectivity index (χ1n) is 22.4. The number of nitrogens with one attached hydrogen (secondary N) is 1. The van der Waals surface area contributed by atoms with Crippen molar-refractivity contribution in [2.45, 2.75) is 257 Å². The van der Waals surface area contributed by atoms with Crippen LogP contribution in [0.4, 0.5) is 0 Å². The van der Waals surface area contributed by atoms with Crippen LogP contribution in [0.2, 0.25) is 0 Å². The lowest BCUT2D eigenvalue weighted by molar-refractivity contribution is -0.151. The molecule has 0 aliphatic heterocycles. The molecule has 3 atom stereocenters.